The van der Waals surface area contributed by atoms with Crippen LogP contribution in [0.15, 0.2) is 11.6 Å². The van der Waals surface area contributed by atoms with Crippen LogP contribution in [0.3, 0.4) is 0 Å². The molecule has 0 bridgehead atoms. The van der Waals surface area contributed by atoms with Gasteiger partial charge in [0.2, 0.25) is 0 Å². The molecular formula is C54H88O21. The predicted molar refractivity (Wildman–Crippen MR) is 260 cm³/mol. The maximum Gasteiger partial charge on any atom is 0.312 e. The van der Waals surface area contributed by atoms with Crippen molar-refractivity contribution in [3.63, 3.8) is 0 Å². The molecule has 9 rings (SSSR count). The van der Waals surface area contributed by atoms with Crippen molar-refractivity contribution in [2.75, 3.05) is 26.9 Å². The summed E-state index contributed by atoms with van der Waals surface area (Å²) in [5, 5.41) is 119. The molecule has 0 amide bonds. The van der Waals surface area contributed by atoms with Crippen LogP contribution in [-0.4, -0.2) is 212 Å². The molecule has 0 aromatic heterocycles. The summed E-state index contributed by atoms with van der Waals surface area (Å²) in [5.74, 6) is 0.667. The number of methoxy groups -OCH3 is 1. The fourth-order valence-corrected chi connectivity index (χ4v) is 16.5. The van der Waals surface area contributed by atoms with Gasteiger partial charge in [-0.1, -0.05) is 60.1 Å². The summed E-state index contributed by atoms with van der Waals surface area (Å²) in [6.07, 6.45) is -19.9. The van der Waals surface area contributed by atoms with Gasteiger partial charge in [-0.2, -0.15) is 0 Å². The maximum absolute atomic E-state index is 13.8. The number of hydrogen-bond donors (Lipinski definition) is 11. The van der Waals surface area contributed by atoms with E-state index in [9.17, 15) is 61.0 Å². The topological polar surface area (TPSA) is 323 Å². The van der Waals surface area contributed by atoms with Crippen molar-refractivity contribution in [2.24, 2.45) is 50.2 Å². The van der Waals surface area contributed by atoms with Crippen molar-refractivity contribution >= 4 is 5.97 Å². The molecule has 0 aromatic rings. The quantitative estimate of drug-likeness (QED) is 0.0752. The number of allylic oxidation sites excluding steroid dienone is 2. The summed E-state index contributed by atoms with van der Waals surface area (Å²) in [4.78, 5) is 13.8. The Morgan fingerprint density at radius 1 is 0.613 bits per heavy atom. The lowest BCUT2D eigenvalue weighted by atomic mass is 9.33. The number of carbonyl (C=O) groups excluding carboxylic acids is 1. The van der Waals surface area contributed by atoms with Crippen molar-refractivity contribution in [3.8, 4) is 0 Å². The van der Waals surface area contributed by atoms with Crippen LogP contribution in [0.5, 0.6) is 0 Å². The third kappa shape index (κ3) is 9.51. The predicted octanol–water partition coefficient (Wildman–Crippen LogP) is 0.286. The van der Waals surface area contributed by atoms with Gasteiger partial charge in [0, 0.05) is 0 Å². The van der Waals surface area contributed by atoms with Crippen LogP contribution in [0.4, 0.5) is 0 Å². The Hall–Kier alpha value is -1.55. The SMILES string of the molecule is COC(=O)C12CCC(C)(C)CC1C1=CCC3C4(C)CCC(OC5OCC(O)C(O)C5OC5OC(C)C(O)C(OC6OC(CO)C(OC7OC(CO)C(O)C(O)C7O)C(O)C6O)C5O)C(C)(C)C4CCC3(C)C1(C)CC2. The second-order valence-corrected chi connectivity index (χ2v) is 26.0. The Labute approximate surface area is 439 Å². The van der Waals surface area contributed by atoms with E-state index in [1.54, 1.807) is 0 Å². The van der Waals surface area contributed by atoms with Crippen LogP contribution in [0.25, 0.3) is 0 Å². The molecule has 4 saturated carbocycles. The van der Waals surface area contributed by atoms with Gasteiger partial charge in [-0.15, -0.1) is 0 Å². The average Bonchev–Trinajstić information content (AvgIpc) is 3.36. The molecule has 8 fully saturated rings. The molecular weight excluding hydrogens is 985 g/mol. The van der Waals surface area contributed by atoms with Gasteiger partial charge in [-0.05, 0) is 116 Å². The summed E-state index contributed by atoms with van der Waals surface area (Å²) in [5.41, 5.74) is 0.486. The zero-order chi connectivity index (χ0) is 54.7. The normalized spacial score (nSPS) is 53.5. The molecule has 21 heteroatoms. The zero-order valence-electron chi connectivity index (χ0n) is 45.1. The number of aliphatic hydroxyl groups excluding tert-OH is 11. The first-order valence-electron chi connectivity index (χ1n) is 27.5. The van der Waals surface area contributed by atoms with E-state index in [4.69, 9.17) is 42.6 Å². The molecule has 4 heterocycles. The summed E-state index contributed by atoms with van der Waals surface area (Å²) in [6, 6.07) is 0. The third-order valence-electron chi connectivity index (χ3n) is 21.2. The number of fused-ring (bicyclic) bond motifs is 7. The minimum absolute atomic E-state index is 0.0234. The standard InChI is InChI=1S/C54H88O21/c1-24-33(58)42(74-45-39(64)37(62)41(29(22-56)71-45)73-44-38(63)36(61)35(60)28(21-55)70-44)40(65)46(69-24)75-43-34(59)27(57)23-68-47(43)72-32-13-14-51(6)30(50(32,4)5)12-15-53(8)31(51)11-10-25-26-20-49(2,3)16-18-54(26,48(66)67-9)19-17-52(25,53)7/h10,24,26-47,55-65H,11-23H2,1-9H3. The molecule has 27 unspecified atom stereocenters. The van der Waals surface area contributed by atoms with E-state index in [2.05, 4.69) is 54.5 Å². The number of esters is 1. The molecule has 4 saturated heterocycles. The van der Waals surface area contributed by atoms with E-state index in [1.807, 2.05) is 0 Å². The van der Waals surface area contributed by atoms with Crippen molar-refractivity contribution in [2.45, 2.75) is 242 Å². The molecule has 0 aromatic carbocycles. The summed E-state index contributed by atoms with van der Waals surface area (Å²) < 4.78 is 53.6. The molecule has 21 nitrogen and oxygen atoms in total. The monoisotopic (exact) mass is 1070 g/mol. The van der Waals surface area contributed by atoms with Crippen LogP contribution in [0.1, 0.15) is 120 Å². The minimum Gasteiger partial charge on any atom is -0.469 e. The molecule has 5 aliphatic carbocycles. The van der Waals surface area contributed by atoms with Gasteiger partial charge in [-0.3, -0.25) is 4.79 Å². The van der Waals surface area contributed by atoms with Crippen LogP contribution in [0, 0.1) is 50.2 Å². The van der Waals surface area contributed by atoms with Crippen molar-refractivity contribution in [1.29, 1.82) is 0 Å². The second kappa shape index (κ2) is 21.1. The maximum atomic E-state index is 13.8. The third-order valence-corrected chi connectivity index (χ3v) is 21.2. The highest BCUT2D eigenvalue weighted by Crippen LogP contribution is 2.76. The highest BCUT2D eigenvalue weighted by atomic mass is 16.8. The summed E-state index contributed by atoms with van der Waals surface area (Å²) in [6.45, 7) is 16.2. The first-order valence-corrected chi connectivity index (χ1v) is 27.5. The van der Waals surface area contributed by atoms with E-state index in [0.29, 0.717) is 12.3 Å². The number of carbonyl (C=O) groups is 1. The Balaban J connectivity index is 0.889. The number of hydrogen-bond acceptors (Lipinski definition) is 21. The number of aliphatic hydroxyl groups is 11. The Kier molecular flexibility index (Phi) is 16.3. The van der Waals surface area contributed by atoms with Crippen molar-refractivity contribution in [3.05, 3.63) is 11.6 Å². The molecule has 0 spiro atoms. The highest BCUT2D eigenvalue weighted by Gasteiger charge is 2.70. The number of ether oxygens (including phenoxy) is 9. The second-order valence-electron chi connectivity index (χ2n) is 26.0. The molecule has 0 radical (unpaired) electrons. The fourth-order valence-electron chi connectivity index (χ4n) is 16.5. The summed E-state index contributed by atoms with van der Waals surface area (Å²) in [7, 11) is 1.53. The van der Waals surface area contributed by atoms with Gasteiger partial charge < -0.3 is 98.8 Å². The van der Waals surface area contributed by atoms with Crippen molar-refractivity contribution < 1.29 is 104 Å². The van der Waals surface area contributed by atoms with Gasteiger partial charge in [0.1, 0.15) is 85.5 Å². The molecule has 9 aliphatic rings. The minimum atomic E-state index is -1.99. The lowest BCUT2D eigenvalue weighted by molar-refractivity contribution is -0.390. The Morgan fingerprint density at radius 3 is 1.89 bits per heavy atom. The van der Waals surface area contributed by atoms with Gasteiger partial charge in [0.15, 0.2) is 25.2 Å². The van der Waals surface area contributed by atoms with Gasteiger partial charge in [0.25, 0.3) is 0 Å². The highest BCUT2D eigenvalue weighted by molar-refractivity contribution is 5.78. The van der Waals surface area contributed by atoms with Gasteiger partial charge >= 0.3 is 5.97 Å². The first-order chi connectivity index (χ1) is 35.1. The van der Waals surface area contributed by atoms with Gasteiger partial charge in [0.05, 0.1) is 44.6 Å². The average molecular weight is 1070 g/mol. The molecule has 4 aliphatic heterocycles. The van der Waals surface area contributed by atoms with E-state index >= 15 is 0 Å². The molecule has 430 valence electrons. The smallest absolute Gasteiger partial charge is 0.312 e. The Bertz CT molecular complexity index is 2060. The lowest BCUT2D eigenvalue weighted by Gasteiger charge is -2.71. The zero-order valence-corrected chi connectivity index (χ0v) is 45.1. The van der Waals surface area contributed by atoms with E-state index in [0.717, 1.165) is 57.8 Å². The van der Waals surface area contributed by atoms with E-state index < -0.39 is 141 Å². The van der Waals surface area contributed by atoms with Crippen LogP contribution >= 0.6 is 0 Å². The van der Waals surface area contributed by atoms with Gasteiger partial charge in [-0.25, -0.2) is 0 Å². The fraction of sp³-hybridized carbons (Fsp3) is 0.944. The Morgan fingerprint density at radius 2 is 1.23 bits per heavy atom. The van der Waals surface area contributed by atoms with Crippen LogP contribution in [0.2, 0.25) is 0 Å². The van der Waals surface area contributed by atoms with Crippen molar-refractivity contribution in [1.82, 2.24) is 0 Å². The van der Waals surface area contributed by atoms with E-state index in [-0.39, 0.29) is 52.2 Å². The molecule has 11 N–H and O–H groups in total. The lowest BCUT2D eigenvalue weighted by Crippen LogP contribution is -2.67. The largest absolute Gasteiger partial charge is 0.469 e. The first kappa shape index (κ1) is 58.1. The van der Waals surface area contributed by atoms with Crippen LogP contribution in [-0.2, 0) is 47.4 Å². The van der Waals surface area contributed by atoms with E-state index in [1.165, 1.54) is 19.6 Å². The molecule has 27 atom stereocenters. The number of rotatable bonds is 11. The van der Waals surface area contributed by atoms with Crippen LogP contribution < -0.4 is 0 Å². The summed E-state index contributed by atoms with van der Waals surface area (Å²) >= 11 is 0. The molecule has 75 heavy (non-hydrogen) atoms.